The number of amides is 2. The zero-order valence-electron chi connectivity index (χ0n) is 7.58. The molecule has 0 aromatic carbocycles. The van der Waals surface area contributed by atoms with Crippen molar-refractivity contribution in [3.8, 4) is 0 Å². The second-order valence-electron chi connectivity index (χ2n) is 2.45. The van der Waals surface area contributed by atoms with Gasteiger partial charge in [0.05, 0.1) is 0 Å². The molecule has 0 aromatic rings. The zero-order valence-corrected chi connectivity index (χ0v) is 8.39. The van der Waals surface area contributed by atoms with Crippen LogP contribution in [0.1, 0.15) is 6.42 Å². The molecule has 0 rings (SSSR count). The van der Waals surface area contributed by atoms with Gasteiger partial charge in [-0.15, -0.1) is 0 Å². The van der Waals surface area contributed by atoms with Crippen molar-refractivity contribution in [3.63, 3.8) is 0 Å². The average molecular weight is 202 g/mol. The average Bonchev–Trinajstić information content (AvgIpc) is 2.11. The largest absolute Gasteiger partial charge is 0.368 e. The smallest absolute Gasteiger partial charge is 0.244 e. The summed E-state index contributed by atoms with van der Waals surface area (Å²) in [5.74, 6) is -0.0976. The first-order chi connectivity index (χ1) is 6.11. The van der Waals surface area contributed by atoms with E-state index in [1.54, 1.807) is 11.8 Å². The highest BCUT2D eigenvalue weighted by Gasteiger charge is 2.15. The summed E-state index contributed by atoms with van der Waals surface area (Å²) in [7, 11) is 0. The number of rotatable bonds is 6. The molecule has 0 heterocycles. The Bertz CT molecular complexity index is 206. The maximum absolute atomic E-state index is 10.8. The molecule has 1 unspecified atom stereocenters. The Hall–Kier alpha value is -0.970. The van der Waals surface area contributed by atoms with Gasteiger partial charge in [-0.3, -0.25) is 9.59 Å². The van der Waals surface area contributed by atoms with Gasteiger partial charge in [-0.2, -0.15) is 11.8 Å². The van der Waals surface area contributed by atoms with Gasteiger partial charge in [0.15, 0.2) is 0 Å². The molecule has 5 heteroatoms. The van der Waals surface area contributed by atoms with E-state index in [9.17, 15) is 9.59 Å². The number of nitrogens with two attached hydrogens (primary N) is 1. The van der Waals surface area contributed by atoms with Crippen LogP contribution in [0.2, 0.25) is 0 Å². The van der Waals surface area contributed by atoms with E-state index >= 15 is 0 Å². The first kappa shape index (κ1) is 12.0. The molecule has 74 valence electrons. The van der Waals surface area contributed by atoms with Gasteiger partial charge < -0.3 is 11.1 Å². The van der Waals surface area contributed by atoms with Gasteiger partial charge in [0, 0.05) is 0 Å². The highest BCUT2D eigenvalue weighted by molar-refractivity contribution is 7.98. The van der Waals surface area contributed by atoms with Crippen molar-refractivity contribution in [3.05, 3.63) is 12.7 Å². The normalized spacial score (nSPS) is 11.8. The van der Waals surface area contributed by atoms with Crippen LogP contribution in [0.15, 0.2) is 12.7 Å². The molecule has 3 N–H and O–H groups in total. The number of nitrogens with one attached hydrogen (secondary N) is 1. The summed E-state index contributed by atoms with van der Waals surface area (Å²) in [5, 5.41) is 2.46. The predicted octanol–water partition coefficient (Wildman–Crippen LogP) is -0.104. The van der Waals surface area contributed by atoms with Crippen LogP contribution in [0.3, 0.4) is 0 Å². The summed E-state index contributed by atoms with van der Waals surface area (Å²) >= 11 is 1.60. The molecule has 2 amide bonds. The molecule has 0 aromatic heterocycles. The van der Waals surface area contributed by atoms with E-state index in [-0.39, 0.29) is 5.91 Å². The fourth-order valence-electron chi connectivity index (χ4n) is 0.752. The van der Waals surface area contributed by atoms with Gasteiger partial charge in [-0.25, -0.2) is 0 Å². The molecule has 0 aliphatic heterocycles. The van der Waals surface area contributed by atoms with Crippen molar-refractivity contribution in [1.82, 2.24) is 5.32 Å². The standard InChI is InChI=1S/C8H14N2O2S/c1-3-7(11)10-6(8(9)12)4-5-13-2/h3,6H,1,4-5H2,2H3,(H2,9,12)(H,10,11). The molecule has 1 atom stereocenters. The van der Waals surface area contributed by atoms with E-state index < -0.39 is 11.9 Å². The quantitative estimate of drug-likeness (QED) is 0.591. The second-order valence-corrected chi connectivity index (χ2v) is 3.43. The van der Waals surface area contributed by atoms with E-state index in [0.717, 1.165) is 11.8 Å². The number of primary amides is 1. The maximum Gasteiger partial charge on any atom is 0.244 e. The molecule has 0 fully saturated rings. The maximum atomic E-state index is 10.8. The zero-order chi connectivity index (χ0) is 10.3. The molecule has 0 saturated carbocycles. The lowest BCUT2D eigenvalue weighted by atomic mass is 10.2. The van der Waals surface area contributed by atoms with Crippen molar-refractivity contribution in [2.75, 3.05) is 12.0 Å². The third kappa shape index (κ3) is 5.30. The molecule has 0 aliphatic rings. The minimum atomic E-state index is -0.585. The highest BCUT2D eigenvalue weighted by atomic mass is 32.2. The monoisotopic (exact) mass is 202 g/mol. The minimum absolute atomic E-state index is 0.370. The van der Waals surface area contributed by atoms with Gasteiger partial charge in [-0.1, -0.05) is 6.58 Å². The van der Waals surface area contributed by atoms with Crippen LogP contribution in [0.4, 0.5) is 0 Å². The summed E-state index contributed by atoms with van der Waals surface area (Å²) in [4.78, 5) is 21.7. The van der Waals surface area contributed by atoms with Crippen molar-refractivity contribution < 1.29 is 9.59 Å². The molecular formula is C8H14N2O2S. The first-order valence-corrected chi connectivity index (χ1v) is 5.22. The number of hydrogen-bond acceptors (Lipinski definition) is 3. The second kappa shape index (κ2) is 6.54. The lowest BCUT2D eigenvalue weighted by Gasteiger charge is -2.12. The van der Waals surface area contributed by atoms with Gasteiger partial charge in [-0.05, 0) is 24.5 Å². The fourth-order valence-corrected chi connectivity index (χ4v) is 1.22. The van der Waals surface area contributed by atoms with Gasteiger partial charge in [0.25, 0.3) is 0 Å². The highest BCUT2D eigenvalue weighted by Crippen LogP contribution is 2.00. The molecule has 13 heavy (non-hydrogen) atoms. The fraction of sp³-hybridized carbons (Fsp3) is 0.500. The van der Waals surface area contributed by atoms with Crippen LogP contribution < -0.4 is 11.1 Å². The van der Waals surface area contributed by atoms with Crippen LogP contribution in [0.25, 0.3) is 0 Å². The lowest BCUT2D eigenvalue weighted by molar-refractivity contribution is -0.125. The molecule has 0 saturated heterocycles. The van der Waals surface area contributed by atoms with E-state index in [2.05, 4.69) is 11.9 Å². The molecule has 0 bridgehead atoms. The SMILES string of the molecule is C=CC(=O)NC(CCSC)C(N)=O. The van der Waals surface area contributed by atoms with Gasteiger partial charge in [0.2, 0.25) is 11.8 Å². The predicted molar refractivity (Wildman–Crippen MR) is 54.3 cm³/mol. The first-order valence-electron chi connectivity index (χ1n) is 3.83. The Kier molecular flexibility index (Phi) is 6.05. The summed E-state index contributed by atoms with van der Waals surface area (Å²) in [6.07, 6.45) is 3.60. The van der Waals surface area contributed by atoms with E-state index in [1.165, 1.54) is 0 Å². The Labute approximate surface area is 81.9 Å². The topological polar surface area (TPSA) is 72.2 Å². The molecule has 0 radical (unpaired) electrons. The number of carbonyl (C=O) groups excluding carboxylic acids is 2. The van der Waals surface area contributed by atoms with Crippen molar-refractivity contribution >= 4 is 23.6 Å². The summed E-state index contributed by atoms with van der Waals surface area (Å²) in [5.41, 5.74) is 5.08. The van der Waals surface area contributed by atoms with Crippen LogP contribution >= 0.6 is 11.8 Å². The van der Waals surface area contributed by atoms with E-state index in [4.69, 9.17) is 5.73 Å². The third-order valence-electron chi connectivity index (χ3n) is 1.46. The summed E-state index contributed by atoms with van der Waals surface area (Å²) in [6.45, 7) is 3.28. The minimum Gasteiger partial charge on any atom is -0.368 e. The Morgan fingerprint density at radius 3 is 2.69 bits per heavy atom. The van der Waals surface area contributed by atoms with Crippen LogP contribution in [0, 0.1) is 0 Å². The van der Waals surface area contributed by atoms with Gasteiger partial charge in [0.1, 0.15) is 6.04 Å². The van der Waals surface area contributed by atoms with E-state index in [0.29, 0.717) is 6.42 Å². The number of thioether (sulfide) groups is 1. The van der Waals surface area contributed by atoms with Crippen molar-refractivity contribution in [1.29, 1.82) is 0 Å². The molecule has 0 spiro atoms. The molecular weight excluding hydrogens is 188 g/mol. The van der Waals surface area contributed by atoms with Crippen LogP contribution in [-0.4, -0.2) is 29.9 Å². The Balaban J connectivity index is 4.01. The Morgan fingerprint density at radius 2 is 2.31 bits per heavy atom. The summed E-state index contributed by atoms with van der Waals surface area (Å²) in [6, 6.07) is -0.585. The lowest BCUT2D eigenvalue weighted by Crippen LogP contribution is -2.44. The van der Waals surface area contributed by atoms with Crippen LogP contribution in [0.5, 0.6) is 0 Å². The van der Waals surface area contributed by atoms with Crippen molar-refractivity contribution in [2.45, 2.75) is 12.5 Å². The molecule has 0 aliphatic carbocycles. The number of carbonyl (C=O) groups is 2. The number of hydrogen-bond donors (Lipinski definition) is 2. The van der Waals surface area contributed by atoms with Gasteiger partial charge >= 0.3 is 0 Å². The Morgan fingerprint density at radius 1 is 1.69 bits per heavy atom. The molecule has 4 nitrogen and oxygen atoms in total. The van der Waals surface area contributed by atoms with E-state index in [1.807, 2.05) is 6.26 Å². The van der Waals surface area contributed by atoms with Crippen LogP contribution in [-0.2, 0) is 9.59 Å². The van der Waals surface area contributed by atoms with Crippen molar-refractivity contribution in [2.24, 2.45) is 5.73 Å². The summed E-state index contributed by atoms with van der Waals surface area (Å²) < 4.78 is 0. The third-order valence-corrected chi connectivity index (χ3v) is 2.10.